The number of anilines is 1. The molecule has 0 bridgehead atoms. The first-order valence-electron chi connectivity index (χ1n) is 7.59. The number of nitrogens with two attached hydrogens (primary N) is 1. The molecule has 1 heterocycles. The number of aliphatic hydroxyl groups excluding tert-OH is 1. The summed E-state index contributed by atoms with van der Waals surface area (Å²) >= 11 is 9.54. The third kappa shape index (κ3) is 3.95. The van der Waals surface area contributed by atoms with Crippen LogP contribution in [0, 0.1) is 11.3 Å². The molecule has 0 unspecified atom stereocenters. The van der Waals surface area contributed by atoms with Gasteiger partial charge in [0.25, 0.3) is 0 Å². The molecule has 0 saturated carbocycles. The van der Waals surface area contributed by atoms with E-state index >= 15 is 0 Å². The summed E-state index contributed by atoms with van der Waals surface area (Å²) in [7, 11) is 0. The van der Waals surface area contributed by atoms with Gasteiger partial charge in [-0.15, -0.1) is 0 Å². The molecule has 0 aliphatic carbocycles. The number of hydrogen-bond acceptors (Lipinski definition) is 6. The lowest BCUT2D eigenvalue weighted by atomic mass is 10.1. The van der Waals surface area contributed by atoms with Crippen molar-refractivity contribution in [2.45, 2.75) is 6.61 Å². The van der Waals surface area contributed by atoms with Crippen LogP contribution in [0.25, 0.3) is 5.69 Å². The van der Waals surface area contributed by atoms with E-state index in [2.05, 4.69) is 20.9 Å². The Balaban J connectivity index is 2.10. The molecular weight excluding hydrogens is 436 g/mol. The summed E-state index contributed by atoms with van der Waals surface area (Å²) < 4.78 is 7.70. The van der Waals surface area contributed by atoms with Crippen LogP contribution in [0.5, 0.6) is 11.5 Å². The summed E-state index contributed by atoms with van der Waals surface area (Å²) in [5.41, 5.74) is 5.83. The van der Waals surface area contributed by atoms with Crippen molar-refractivity contribution in [2.24, 2.45) is 0 Å². The van der Waals surface area contributed by atoms with Crippen LogP contribution in [-0.4, -0.2) is 14.7 Å². The van der Waals surface area contributed by atoms with E-state index in [1.54, 1.807) is 18.2 Å². The number of nitriles is 1. The lowest BCUT2D eigenvalue weighted by Crippen LogP contribution is -2.22. The fourth-order valence-corrected chi connectivity index (χ4v) is 3.02. The minimum atomic E-state index is -0.647. The van der Waals surface area contributed by atoms with Crippen molar-refractivity contribution in [3.8, 4) is 23.3 Å². The fourth-order valence-electron chi connectivity index (χ4n) is 2.40. The summed E-state index contributed by atoms with van der Waals surface area (Å²) in [5, 5.41) is 18.9. The summed E-state index contributed by atoms with van der Waals surface area (Å²) in [6.07, 6.45) is 1.41. The second-order valence-corrected chi connectivity index (χ2v) is 6.69. The van der Waals surface area contributed by atoms with Crippen LogP contribution in [-0.2, 0) is 6.61 Å². The van der Waals surface area contributed by atoms with E-state index in [4.69, 9.17) is 22.1 Å². The van der Waals surface area contributed by atoms with Crippen molar-refractivity contribution < 1.29 is 9.84 Å². The molecule has 0 aliphatic heterocycles. The zero-order valence-corrected chi connectivity index (χ0v) is 16.0. The first-order chi connectivity index (χ1) is 12.9. The third-order valence-electron chi connectivity index (χ3n) is 3.66. The number of halogens is 2. The van der Waals surface area contributed by atoms with Crippen molar-refractivity contribution >= 4 is 33.3 Å². The Morgan fingerprint density at radius 2 is 2.07 bits per heavy atom. The van der Waals surface area contributed by atoms with E-state index in [1.165, 1.54) is 24.4 Å². The highest BCUT2D eigenvalue weighted by molar-refractivity contribution is 9.10. The number of aliphatic hydroxyl groups is 1. The van der Waals surface area contributed by atoms with Gasteiger partial charge >= 0.3 is 5.69 Å². The minimum Gasteiger partial charge on any atom is -0.457 e. The Morgan fingerprint density at radius 3 is 2.74 bits per heavy atom. The molecule has 27 heavy (non-hydrogen) atoms. The topological polar surface area (TPSA) is 114 Å². The molecule has 1 aromatic heterocycles. The van der Waals surface area contributed by atoms with Gasteiger partial charge in [0.1, 0.15) is 23.4 Å². The summed E-state index contributed by atoms with van der Waals surface area (Å²) in [6.45, 7) is -0.163. The summed E-state index contributed by atoms with van der Waals surface area (Å²) in [5.74, 6) is 0.834. The Morgan fingerprint density at radius 1 is 1.30 bits per heavy atom. The molecule has 136 valence electrons. The summed E-state index contributed by atoms with van der Waals surface area (Å²) in [6, 6.07) is 11.5. The van der Waals surface area contributed by atoms with Crippen molar-refractivity contribution in [2.75, 3.05) is 5.73 Å². The van der Waals surface area contributed by atoms with E-state index in [9.17, 15) is 15.2 Å². The van der Waals surface area contributed by atoms with Gasteiger partial charge in [-0.05, 0) is 29.8 Å². The van der Waals surface area contributed by atoms with Crippen LogP contribution in [0.15, 0.2) is 51.9 Å². The Bertz CT molecular complexity index is 1120. The molecular formula is C18H12BrClN4O3. The number of benzene rings is 2. The molecule has 2 aromatic carbocycles. The number of hydrogen-bond donors (Lipinski definition) is 2. The van der Waals surface area contributed by atoms with E-state index in [1.807, 2.05) is 6.07 Å². The minimum absolute atomic E-state index is 0.0691. The second-order valence-electron chi connectivity index (χ2n) is 5.43. The van der Waals surface area contributed by atoms with Crippen LogP contribution in [0.2, 0.25) is 5.02 Å². The van der Waals surface area contributed by atoms with Crippen LogP contribution < -0.4 is 16.2 Å². The van der Waals surface area contributed by atoms with Gasteiger partial charge in [-0.2, -0.15) is 10.2 Å². The molecule has 3 aromatic rings. The highest BCUT2D eigenvalue weighted by Crippen LogP contribution is 2.32. The number of ether oxygens (including phenoxy) is 1. The highest BCUT2D eigenvalue weighted by Gasteiger charge is 2.14. The van der Waals surface area contributed by atoms with E-state index in [-0.39, 0.29) is 28.7 Å². The van der Waals surface area contributed by atoms with Crippen LogP contribution in [0.4, 0.5) is 5.82 Å². The quantitative estimate of drug-likeness (QED) is 0.633. The Hall–Kier alpha value is -2.86. The van der Waals surface area contributed by atoms with Gasteiger partial charge in [-0.25, -0.2) is 4.79 Å². The van der Waals surface area contributed by atoms with Crippen LogP contribution >= 0.6 is 27.5 Å². The third-order valence-corrected chi connectivity index (χ3v) is 4.73. The van der Waals surface area contributed by atoms with E-state index in [0.29, 0.717) is 17.1 Å². The smallest absolute Gasteiger partial charge is 0.354 e. The highest BCUT2D eigenvalue weighted by atomic mass is 79.9. The van der Waals surface area contributed by atoms with Crippen molar-refractivity contribution in [3.05, 3.63) is 73.7 Å². The lowest BCUT2D eigenvalue weighted by Gasteiger charge is -2.13. The average Bonchev–Trinajstić information content (AvgIpc) is 2.63. The van der Waals surface area contributed by atoms with Gasteiger partial charge in [0, 0.05) is 22.8 Å². The zero-order chi connectivity index (χ0) is 19.6. The maximum Gasteiger partial charge on any atom is 0.354 e. The first-order valence-corrected chi connectivity index (χ1v) is 8.76. The van der Waals surface area contributed by atoms with Crippen molar-refractivity contribution in [3.63, 3.8) is 0 Å². The van der Waals surface area contributed by atoms with Gasteiger partial charge < -0.3 is 15.6 Å². The summed E-state index contributed by atoms with van der Waals surface area (Å²) in [4.78, 5) is 15.8. The van der Waals surface area contributed by atoms with Crippen LogP contribution in [0.1, 0.15) is 11.1 Å². The van der Waals surface area contributed by atoms with E-state index < -0.39 is 5.69 Å². The number of nitrogen functional groups attached to an aromatic ring is 1. The van der Waals surface area contributed by atoms with Gasteiger partial charge in [0.15, 0.2) is 0 Å². The maximum absolute atomic E-state index is 12.2. The van der Waals surface area contributed by atoms with Crippen molar-refractivity contribution in [1.29, 1.82) is 5.26 Å². The molecule has 0 fully saturated rings. The predicted molar refractivity (Wildman–Crippen MR) is 104 cm³/mol. The second kappa shape index (κ2) is 7.80. The monoisotopic (exact) mass is 446 g/mol. The van der Waals surface area contributed by atoms with Gasteiger partial charge in [0.2, 0.25) is 0 Å². The molecule has 0 saturated heterocycles. The number of nitrogens with zero attached hydrogens (tertiary/aromatic N) is 3. The molecule has 0 aliphatic rings. The number of rotatable bonds is 4. The normalized spacial score (nSPS) is 10.4. The molecule has 3 rings (SSSR count). The average molecular weight is 448 g/mol. The molecule has 9 heteroatoms. The Kier molecular flexibility index (Phi) is 5.46. The van der Waals surface area contributed by atoms with Gasteiger partial charge in [-0.1, -0.05) is 27.5 Å². The Labute approximate surface area is 167 Å². The molecule has 0 spiro atoms. The van der Waals surface area contributed by atoms with Gasteiger partial charge in [0.05, 0.1) is 22.9 Å². The number of aromatic nitrogens is 2. The van der Waals surface area contributed by atoms with Crippen molar-refractivity contribution in [1.82, 2.24) is 9.55 Å². The molecule has 7 nitrogen and oxygen atoms in total. The van der Waals surface area contributed by atoms with Gasteiger partial charge in [-0.3, -0.25) is 4.57 Å². The maximum atomic E-state index is 12.2. The molecule has 0 amide bonds. The molecule has 0 atom stereocenters. The standard InChI is InChI=1S/C18H12BrClN4O3/c19-14-2-1-11(5-10(14)9-25)27-12-6-15(20)13(8-21)16(7-12)24-4-3-17(22)23-18(24)26/h1-7,25H,9H2,(H2,22,23,26). The van der Waals surface area contributed by atoms with Crippen LogP contribution in [0.3, 0.4) is 0 Å². The zero-order valence-electron chi connectivity index (χ0n) is 13.7. The largest absolute Gasteiger partial charge is 0.457 e. The molecule has 3 N–H and O–H groups in total. The SMILES string of the molecule is N#Cc1c(Cl)cc(Oc2ccc(Br)c(CO)c2)cc1-n1ccc(N)nc1=O. The first kappa shape index (κ1) is 18.9. The predicted octanol–water partition coefficient (Wildman–Crippen LogP) is 3.39. The molecule has 0 radical (unpaired) electrons. The lowest BCUT2D eigenvalue weighted by molar-refractivity contribution is 0.280. The van der Waals surface area contributed by atoms with E-state index in [0.717, 1.165) is 9.04 Å². The fraction of sp³-hybridized carbons (Fsp3) is 0.0556.